The zero-order valence-corrected chi connectivity index (χ0v) is 9.58. The van der Waals surface area contributed by atoms with Crippen molar-refractivity contribution in [2.24, 2.45) is 0 Å². The van der Waals surface area contributed by atoms with E-state index in [1.807, 2.05) is 0 Å². The van der Waals surface area contributed by atoms with E-state index in [4.69, 9.17) is 4.74 Å². The highest BCUT2D eigenvalue weighted by atomic mass is 32.2. The predicted octanol–water partition coefficient (Wildman–Crippen LogP) is 1.03. The first-order valence-electron chi connectivity index (χ1n) is 5.00. The van der Waals surface area contributed by atoms with Gasteiger partial charge in [-0.15, -0.1) is 0 Å². The SMILES string of the molecule is O=S(=O)(c1ccccc1OC1CNC1)C(F)F. The normalized spacial score (nSPS) is 16.9. The molecule has 0 bridgehead atoms. The third-order valence-corrected chi connectivity index (χ3v) is 3.85. The number of hydrogen-bond donors (Lipinski definition) is 1. The van der Waals surface area contributed by atoms with Gasteiger partial charge in [-0.2, -0.15) is 8.78 Å². The molecule has 1 heterocycles. The average Bonchev–Trinajstić information content (AvgIpc) is 2.23. The van der Waals surface area contributed by atoms with Crippen molar-refractivity contribution >= 4 is 9.84 Å². The van der Waals surface area contributed by atoms with Crippen LogP contribution in [0.1, 0.15) is 0 Å². The Kier molecular flexibility index (Phi) is 3.30. The summed E-state index contributed by atoms with van der Waals surface area (Å²) in [6, 6.07) is 5.45. The van der Waals surface area contributed by atoms with Gasteiger partial charge in [0, 0.05) is 13.1 Å². The number of nitrogens with one attached hydrogen (secondary N) is 1. The molecule has 0 unspecified atom stereocenters. The standard InChI is InChI=1S/C10H11F2NO3S/c11-10(12)17(14,15)9-4-2-1-3-8(9)16-7-5-13-6-7/h1-4,7,10,13H,5-6H2. The molecule has 1 aliphatic rings. The molecule has 1 fully saturated rings. The maximum Gasteiger partial charge on any atom is 0.341 e. The summed E-state index contributed by atoms with van der Waals surface area (Å²) in [5, 5.41) is 2.94. The smallest absolute Gasteiger partial charge is 0.341 e. The minimum absolute atomic E-state index is 0.0145. The number of sulfone groups is 1. The molecular formula is C10H11F2NO3S. The second-order valence-electron chi connectivity index (χ2n) is 3.65. The molecule has 1 aromatic rings. The lowest BCUT2D eigenvalue weighted by molar-refractivity contribution is 0.138. The van der Waals surface area contributed by atoms with Gasteiger partial charge in [0.15, 0.2) is 0 Å². The van der Waals surface area contributed by atoms with Crippen LogP contribution in [0.5, 0.6) is 5.75 Å². The van der Waals surface area contributed by atoms with E-state index in [-0.39, 0.29) is 11.9 Å². The van der Waals surface area contributed by atoms with Crippen LogP contribution in [0, 0.1) is 0 Å². The molecule has 0 radical (unpaired) electrons. The molecule has 0 atom stereocenters. The molecule has 17 heavy (non-hydrogen) atoms. The molecule has 1 aromatic carbocycles. The van der Waals surface area contributed by atoms with E-state index in [9.17, 15) is 17.2 Å². The molecule has 0 aromatic heterocycles. The van der Waals surface area contributed by atoms with Crippen LogP contribution in [0.2, 0.25) is 0 Å². The minimum atomic E-state index is -4.62. The summed E-state index contributed by atoms with van der Waals surface area (Å²) in [7, 11) is -4.62. The lowest BCUT2D eigenvalue weighted by atomic mass is 10.2. The van der Waals surface area contributed by atoms with E-state index in [0.717, 1.165) is 6.07 Å². The summed E-state index contributed by atoms with van der Waals surface area (Å²) in [6.07, 6.45) is -0.163. The largest absolute Gasteiger partial charge is 0.486 e. The fraction of sp³-hybridized carbons (Fsp3) is 0.400. The van der Waals surface area contributed by atoms with Crippen LogP contribution in [0.25, 0.3) is 0 Å². The van der Waals surface area contributed by atoms with Crippen LogP contribution in [-0.4, -0.2) is 33.4 Å². The number of rotatable bonds is 4. The predicted molar refractivity (Wildman–Crippen MR) is 56.9 cm³/mol. The number of benzene rings is 1. The van der Waals surface area contributed by atoms with Crippen molar-refractivity contribution in [3.05, 3.63) is 24.3 Å². The van der Waals surface area contributed by atoms with Gasteiger partial charge in [-0.1, -0.05) is 12.1 Å². The summed E-state index contributed by atoms with van der Waals surface area (Å²) in [5.74, 6) is -3.45. The Hall–Kier alpha value is -1.21. The van der Waals surface area contributed by atoms with Crippen molar-refractivity contribution in [3.63, 3.8) is 0 Å². The van der Waals surface area contributed by atoms with Crippen molar-refractivity contribution in [2.75, 3.05) is 13.1 Å². The van der Waals surface area contributed by atoms with E-state index in [0.29, 0.717) is 13.1 Å². The molecule has 7 heteroatoms. The molecule has 0 aliphatic carbocycles. The number of para-hydroxylation sites is 1. The van der Waals surface area contributed by atoms with Crippen LogP contribution in [0.4, 0.5) is 8.78 Å². The maximum atomic E-state index is 12.5. The molecule has 4 nitrogen and oxygen atoms in total. The third-order valence-electron chi connectivity index (χ3n) is 2.43. The average molecular weight is 263 g/mol. The fourth-order valence-corrected chi connectivity index (χ4v) is 2.26. The Labute approximate surface area is 97.5 Å². The van der Waals surface area contributed by atoms with E-state index in [2.05, 4.69) is 5.32 Å². The second-order valence-corrected chi connectivity index (χ2v) is 5.54. The van der Waals surface area contributed by atoms with Crippen LogP contribution >= 0.6 is 0 Å². The number of ether oxygens (including phenoxy) is 1. The zero-order chi connectivity index (χ0) is 12.5. The van der Waals surface area contributed by atoms with Crippen LogP contribution in [-0.2, 0) is 9.84 Å². The highest BCUT2D eigenvalue weighted by Gasteiger charge is 2.31. The van der Waals surface area contributed by atoms with Gasteiger partial charge in [-0.05, 0) is 12.1 Å². The second kappa shape index (κ2) is 4.58. The lowest BCUT2D eigenvalue weighted by Gasteiger charge is -2.28. The Bertz CT molecular complexity index is 500. The molecular weight excluding hydrogens is 252 g/mol. The van der Waals surface area contributed by atoms with Gasteiger partial charge in [0.05, 0.1) is 0 Å². The molecule has 1 aliphatic heterocycles. The van der Waals surface area contributed by atoms with E-state index >= 15 is 0 Å². The van der Waals surface area contributed by atoms with Crippen LogP contribution in [0.3, 0.4) is 0 Å². The van der Waals surface area contributed by atoms with Crippen molar-refractivity contribution in [1.29, 1.82) is 0 Å². The molecule has 0 amide bonds. The molecule has 94 valence electrons. The van der Waals surface area contributed by atoms with Gasteiger partial charge in [0.1, 0.15) is 16.7 Å². The fourth-order valence-electron chi connectivity index (χ4n) is 1.40. The van der Waals surface area contributed by atoms with Gasteiger partial charge >= 0.3 is 5.76 Å². The first kappa shape index (κ1) is 12.3. The van der Waals surface area contributed by atoms with Gasteiger partial charge in [-0.25, -0.2) is 8.42 Å². The number of hydrogen-bond acceptors (Lipinski definition) is 4. The van der Waals surface area contributed by atoms with Gasteiger partial charge in [0.25, 0.3) is 0 Å². The summed E-state index contributed by atoms with van der Waals surface area (Å²) in [5.41, 5.74) is 0. The zero-order valence-electron chi connectivity index (χ0n) is 8.77. The summed E-state index contributed by atoms with van der Waals surface area (Å²) < 4.78 is 53.0. The minimum Gasteiger partial charge on any atom is -0.486 e. The number of halogens is 2. The molecule has 2 rings (SSSR count). The number of alkyl halides is 2. The topological polar surface area (TPSA) is 55.4 Å². The molecule has 0 saturated carbocycles. The van der Waals surface area contributed by atoms with Crippen molar-refractivity contribution in [1.82, 2.24) is 5.32 Å². The van der Waals surface area contributed by atoms with Crippen molar-refractivity contribution < 1.29 is 21.9 Å². The Morgan fingerprint density at radius 1 is 1.29 bits per heavy atom. The summed E-state index contributed by atoms with van der Waals surface area (Å²) in [6.45, 7) is 1.17. The van der Waals surface area contributed by atoms with Crippen LogP contribution in [0.15, 0.2) is 29.2 Å². The third kappa shape index (κ3) is 2.39. The Morgan fingerprint density at radius 3 is 2.47 bits per heavy atom. The first-order valence-corrected chi connectivity index (χ1v) is 6.55. The monoisotopic (exact) mass is 263 g/mol. The molecule has 0 spiro atoms. The Balaban J connectivity index is 2.33. The maximum absolute atomic E-state index is 12.5. The summed E-state index contributed by atoms with van der Waals surface area (Å²) in [4.78, 5) is -0.457. The van der Waals surface area contributed by atoms with Crippen molar-refractivity contribution in [3.8, 4) is 5.75 Å². The summed E-state index contributed by atoms with van der Waals surface area (Å²) >= 11 is 0. The quantitative estimate of drug-likeness (QED) is 0.881. The van der Waals surface area contributed by atoms with E-state index < -0.39 is 20.5 Å². The molecule has 1 saturated heterocycles. The van der Waals surface area contributed by atoms with Crippen molar-refractivity contribution in [2.45, 2.75) is 16.8 Å². The molecule has 1 N–H and O–H groups in total. The van der Waals surface area contributed by atoms with Gasteiger partial charge in [-0.3, -0.25) is 0 Å². The Morgan fingerprint density at radius 2 is 1.94 bits per heavy atom. The van der Waals surface area contributed by atoms with E-state index in [1.54, 1.807) is 6.07 Å². The van der Waals surface area contributed by atoms with Crippen LogP contribution < -0.4 is 10.1 Å². The highest BCUT2D eigenvalue weighted by molar-refractivity contribution is 7.91. The first-order chi connectivity index (χ1) is 8.01. The van der Waals surface area contributed by atoms with Gasteiger partial charge < -0.3 is 10.1 Å². The highest BCUT2D eigenvalue weighted by Crippen LogP contribution is 2.28. The van der Waals surface area contributed by atoms with E-state index in [1.165, 1.54) is 12.1 Å². The van der Waals surface area contributed by atoms with Gasteiger partial charge in [0.2, 0.25) is 9.84 Å². The lowest BCUT2D eigenvalue weighted by Crippen LogP contribution is -2.50.